The van der Waals surface area contributed by atoms with E-state index in [1.165, 1.54) is 180 Å². The van der Waals surface area contributed by atoms with E-state index in [1.807, 2.05) is 0 Å². The molecule has 0 aromatic carbocycles. The molecule has 0 radical (unpaired) electrons. The summed E-state index contributed by atoms with van der Waals surface area (Å²) in [4.78, 5) is 38.3. The van der Waals surface area contributed by atoms with Gasteiger partial charge in [-0.1, -0.05) is 293 Å². The van der Waals surface area contributed by atoms with E-state index in [2.05, 4.69) is 81.5 Å². The fourth-order valence-electron chi connectivity index (χ4n) is 8.94. The summed E-state index contributed by atoms with van der Waals surface area (Å²) in [5.41, 5.74) is 0. The molecule has 0 aliphatic heterocycles. The van der Waals surface area contributed by atoms with E-state index in [9.17, 15) is 14.4 Å². The van der Waals surface area contributed by atoms with E-state index < -0.39 is 6.10 Å². The predicted molar refractivity (Wildman–Crippen MR) is 307 cm³/mol. The number of carbonyl (C=O) groups excluding carboxylic acids is 3. The summed E-state index contributed by atoms with van der Waals surface area (Å²) in [6.45, 7) is 6.55. The first-order valence-corrected chi connectivity index (χ1v) is 30.8. The van der Waals surface area contributed by atoms with Crippen LogP contribution in [0.15, 0.2) is 60.8 Å². The Labute approximate surface area is 440 Å². The molecule has 0 saturated heterocycles. The molecule has 6 heteroatoms. The van der Waals surface area contributed by atoms with E-state index in [0.29, 0.717) is 19.3 Å². The van der Waals surface area contributed by atoms with Crippen molar-refractivity contribution in [2.75, 3.05) is 13.2 Å². The lowest BCUT2D eigenvalue weighted by atomic mass is 10.0. The van der Waals surface area contributed by atoms with Gasteiger partial charge in [-0.3, -0.25) is 14.4 Å². The molecule has 0 N–H and O–H groups in total. The predicted octanol–water partition coefficient (Wildman–Crippen LogP) is 20.8. The van der Waals surface area contributed by atoms with Crippen LogP contribution in [0.3, 0.4) is 0 Å². The van der Waals surface area contributed by atoms with Gasteiger partial charge in [-0.2, -0.15) is 0 Å². The van der Waals surface area contributed by atoms with Gasteiger partial charge >= 0.3 is 17.9 Å². The SMILES string of the molecule is CC/C=C\C/C=C\C/C=C\C/C=C\C/C=C\CCCCCC(=O)OC[C@@H](COC(=O)CCCCCCCCCCCCCCCCC)OC(=O)CCCCCCCCCCCCCCCCCCCCC. The Hall–Kier alpha value is -2.89. The molecule has 412 valence electrons. The first-order valence-electron chi connectivity index (χ1n) is 30.8. The number of esters is 3. The molecule has 0 saturated carbocycles. The Morgan fingerprint density at radius 2 is 0.549 bits per heavy atom. The van der Waals surface area contributed by atoms with E-state index in [1.54, 1.807) is 0 Å². The zero-order valence-corrected chi connectivity index (χ0v) is 47.2. The summed E-state index contributed by atoms with van der Waals surface area (Å²) in [6.07, 6.45) is 75.0. The number of hydrogen-bond donors (Lipinski definition) is 0. The molecule has 0 rings (SSSR count). The average molecular weight is 994 g/mol. The molecular formula is C65H116O6. The van der Waals surface area contributed by atoms with Crippen LogP contribution in [0, 0.1) is 0 Å². The number of hydrogen-bond acceptors (Lipinski definition) is 6. The lowest BCUT2D eigenvalue weighted by molar-refractivity contribution is -0.167. The minimum atomic E-state index is -0.785. The smallest absolute Gasteiger partial charge is 0.306 e. The molecule has 0 aliphatic rings. The van der Waals surface area contributed by atoms with E-state index in [4.69, 9.17) is 14.2 Å². The van der Waals surface area contributed by atoms with E-state index >= 15 is 0 Å². The number of allylic oxidation sites excluding steroid dienone is 10. The quantitative estimate of drug-likeness (QED) is 0.0261. The lowest BCUT2D eigenvalue weighted by Crippen LogP contribution is -2.30. The summed E-state index contributed by atoms with van der Waals surface area (Å²) >= 11 is 0. The Morgan fingerprint density at radius 1 is 0.296 bits per heavy atom. The third-order valence-corrected chi connectivity index (χ3v) is 13.5. The van der Waals surface area contributed by atoms with Gasteiger partial charge in [0.1, 0.15) is 13.2 Å². The summed E-state index contributed by atoms with van der Waals surface area (Å²) < 4.78 is 16.9. The minimum Gasteiger partial charge on any atom is -0.462 e. The Balaban J connectivity index is 4.39. The van der Waals surface area contributed by atoms with Crippen molar-refractivity contribution in [3.63, 3.8) is 0 Å². The van der Waals surface area contributed by atoms with Gasteiger partial charge in [0, 0.05) is 19.3 Å². The molecule has 6 nitrogen and oxygen atoms in total. The molecule has 71 heavy (non-hydrogen) atoms. The summed E-state index contributed by atoms with van der Waals surface area (Å²) in [7, 11) is 0. The molecular weight excluding hydrogens is 877 g/mol. The highest BCUT2D eigenvalue weighted by Gasteiger charge is 2.19. The summed E-state index contributed by atoms with van der Waals surface area (Å²) in [5, 5.41) is 0. The maximum atomic E-state index is 12.9. The van der Waals surface area contributed by atoms with Gasteiger partial charge in [-0.05, 0) is 64.2 Å². The number of carbonyl (C=O) groups is 3. The van der Waals surface area contributed by atoms with Crippen LogP contribution in [0.5, 0.6) is 0 Å². The van der Waals surface area contributed by atoms with Crippen molar-refractivity contribution < 1.29 is 28.6 Å². The lowest BCUT2D eigenvalue weighted by Gasteiger charge is -2.18. The summed E-state index contributed by atoms with van der Waals surface area (Å²) in [5.74, 6) is -0.895. The van der Waals surface area contributed by atoms with E-state index in [0.717, 1.165) is 96.3 Å². The van der Waals surface area contributed by atoms with Gasteiger partial charge in [0.25, 0.3) is 0 Å². The van der Waals surface area contributed by atoms with Gasteiger partial charge in [0.2, 0.25) is 0 Å². The van der Waals surface area contributed by atoms with Crippen LogP contribution in [0.1, 0.15) is 316 Å². The molecule has 0 bridgehead atoms. The Kier molecular flexibility index (Phi) is 57.2. The van der Waals surface area contributed by atoms with Crippen LogP contribution in [0.2, 0.25) is 0 Å². The largest absolute Gasteiger partial charge is 0.462 e. The second-order valence-electron chi connectivity index (χ2n) is 20.6. The number of unbranched alkanes of at least 4 members (excludes halogenated alkanes) is 35. The molecule has 0 aromatic heterocycles. The zero-order chi connectivity index (χ0) is 51.4. The van der Waals surface area contributed by atoms with Crippen LogP contribution >= 0.6 is 0 Å². The van der Waals surface area contributed by atoms with Crippen molar-refractivity contribution in [3.8, 4) is 0 Å². The van der Waals surface area contributed by atoms with Crippen LogP contribution in [-0.4, -0.2) is 37.2 Å². The van der Waals surface area contributed by atoms with Crippen molar-refractivity contribution in [3.05, 3.63) is 60.8 Å². The standard InChI is InChI=1S/C65H116O6/c1-4-7-10-13-16-19-22-25-28-30-32-34-37-40-43-46-49-52-55-58-64(67)70-61-62(60-69-63(66)57-54-51-48-45-42-39-36-27-24-21-18-15-12-9-6-3)71-65(68)59-56-53-50-47-44-41-38-35-33-31-29-26-23-20-17-14-11-8-5-2/h7,10,16,19,25,28,32,34,40,43,62H,4-6,8-9,11-15,17-18,20-24,26-27,29-31,33,35-39,41-42,44-61H2,1-3H3/b10-7-,19-16-,28-25-,34-32-,43-40-/t62-/m1/s1. The molecule has 0 unspecified atom stereocenters. The second-order valence-corrected chi connectivity index (χ2v) is 20.6. The highest BCUT2D eigenvalue weighted by atomic mass is 16.6. The number of ether oxygens (including phenoxy) is 3. The van der Waals surface area contributed by atoms with Gasteiger partial charge in [0.05, 0.1) is 0 Å². The van der Waals surface area contributed by atoms with Gasteiger partial charge in [0.15, 0.2) is 6.10 Å². The van der Waals surface area contributed by atoms with Crippen molar-refractivity contribution >= 4 is 17.9 Å². The topological polar surface area (TPSA) is 78.9 Å². The highest BCUT2D eigenvalue weighted by Crippen LogP contribution is 2.17. The second kappa shape index (κ2) is 59.7. The van der Waals surface area contributed by atoms with Crippen LogP contribution < -0.4 is 0 Å². The van der Waals surface area contributed by atoms with Crippen LogP contribution in [0.25, 0.3) is 0 Å². The first-order chi connectivity index (χ1) is 35.0. The van der Waals surface area contributed by atoms with Crippen molar-refractivity contribution in [1.29, 1.82) is 0 Å². The third kappa shape index (κ3) is 57.9. The van der Waals surface area contributed by atoms with Gasteiger partial charge in [-0.25, -0.2) is 0 Å². The fraction of sp³-hybridized carbons (Fsp3) is 0.800. The maximum Gasteiger partial charge on any atom is 0.306 e. The molecule has 0 amide bonds. The molecule has 0 aromatic rings. The molecule has 1 atom stereocenters. The molecule has 0 aliphatic carbocycles. The van der Waals surface area contributed by atoms with Crippen LogP contribution in [-0.2, 0) is 28.6 Å². The molecule has 0 fully saturated rings. The third-order valence-electron chi connectivity index (χ3n) is 13.5. The zero-order valence-electron chi connectivity index (χ0n) is 47.2. The average Bonchev–Trinajstić information content (AvgIpc) is 3.37. The molecule has 0 heterocycles. The van der Waals surface area contributed by atoms with Crippen LogP contribution in [0.4, 0.5) is 0 Å². The normalized spacial score (nSPS) is 12.4. The van der Waals surface area contributed by atoms with E-state index in [-0.39, 0.29) is 31.1 Å². The van der Waals surface area contributed by atoms with Gasteiger partial charge in [-0.15, -0.1) is 0 Å². The fourth-order valence-corrected chi connectivity index (χ4v) is 8.94. The highest BCUT2D eigenvalue weighted by molar-refractivity contribution is 5.71. The van der Waals surface area contributed by atoms with Crippen molar-refractivity contribution in [1.82, 2.24) is 0 Å². The Morgan fingerprint density at radius 3 is 0.859 bits per heavy atom. The maximum absolute atomic E-state index is 12.9. The molecule has 0 spiro atoms. The monoisotopic (exact) mass is 993 g/mol. The van der Waals surface area contributed by atoms with Gasteiger partial charge < -0.3 is 14.2 Å². The minimum absolute atomic E-state index is 0.0803. The van der Waals surface area contributed by atoms with Crippen molar-refractivity contribution in [2.24, 2.45) is 0 Å². The summed E-state index contributed by atoms with van der Waals surface area (Å²) in [6, 6.07) is 0. The Bertz CT molecular complexity index is 1280. The number of rotatable bonds is 56. The van der Waals surface area contributed by atoms with Crippen molar-refractivity contribution in [2.45, 2.75) is 322 Å². The first kappa shape index (κ1) is 68.1.